The molecule has 0 fully saturated rings. The second kappa shape index (κ2) is 6.63. The number of benzene rings is 2. The lowest BCUT2D eigenvalue weighted by molar-refractivity contribution is 0.193. The summed E-state index contributed by atoms with van der Waals surface area (Å²) in [5, 5.41) is 9.62. The molecule has 1 unspecified atom stereocenters. The number of aliphatic hydroxyl groups is 1. The van der Waals surface area contributed by atoms with E-state index in [-0.39, 0.29) is 0 Å². The summed E-state index contributed by atoms with van der Waals surface area (Å²) in [6.45, 7) is 2.02. The van der Waals surface area contributed by atoms with Gasteiger partial charge in [-0.2, -0.15) is 0 Å². The van der Waals surface area contributed by atoms with Crippen molar-refractivity contribution >= 4 is 0 Å². The van der Waals surface area contributed by atoms with Crippen molar-refractivity contribution in [2.45, 2.75) is 13.0 Å². The molecule has 0 amide bonds. The molecule has 0 aliphatic rings. The first-order chi connectivity index (χ1) is 9.27. The fourth-order valence-corrected chi connectivity index (χ4v) is 1.73. The van der Waals surface area contributed by atoms with Gasteiger partial charge in [0.2, 0.25) is 0 Å². The topological polar surface area (TPSA) is 29.5 Å². The van der Waals surface area contributed by atoms with Crippen LogP contribution in [0.5, 0.6) is 5.75 Å². The monoisotopic (exact) mass is 252 g/mol. The van der Waals surface area contributed by atoms with E-state index in [0.29, 0.717) is 12.4 Å². The fourth-order valence-electron chi connectivity index (χ4n) is 1.73. The van der Waals surface area contributed by atoms with Gasteiger partial charge in [0.05, 0.1) is 6.10 Å². The molecule has 2 nitrogen and oxygen atoms in total. The normalized spacial score (nSPS) is 11.3. The summed E-state index contributed by atoms with van der Waals surface area (Å²) in [4.78, 5) is 0. The smallest absolute Gasteiger partial charge is 0.149 e. The van der Waals surface area contributed by atoms with E-state index in [1.807, 2.05) is 54.6 Å². The Balaban J connectivity index is 1.99. The Morgan fingerprint density at radius 1 is 1.05 bits per heavy atom. The van der Waals surface area contributed by atoms with Gasteiger partial charge in [-0.1, -0.05) is 48.2 Å². The maximum Gasteiger partial charge on any atom is 0.149 e. The number of aliphatic hydroxyl groups excluding tert-OH is 1. The molecular formula is C17H16O2. The van der Waals surface area contributed by atoms with Gasteiger partial charge < -0.3 is 9.84 Å². The summed E-state index contributed by atoms with van der Waals surface area (Å²) in [7, 11) is 0. The van der Waals surface area contributed by atoms with Crippen LogP contribution in [0.1, 0.15) is 24.2 Å². The van der Waals surface area contributed by atoms with Crippen molar-refractivity contribution in [3.8, 4) is 17.6 Å². The molecule has 1 N–H and O–H groups in total. The molecule has 19 heavy (non-hydrogen) atoms. The van der Waals surface area contributed by atoms with Gasteiger partial charge >= 0.3 is 0 Å². The Hall–Kier alpha value is -2.24. The minimum atomic E-state index is -0.543. The molecule has 0 saturated carbocycles. The molecule has 0 bridgehead atoms. The second-order valence-corrected chi connectivity index (χ2v) is 4.17. The van der Waals surface area contributed by atoms with Crippen LogP contribution in [0.4, 0.5) is 0 Å². The molecule has 0 heterocycles. The van der Waals surface area contributed by atoms with Gasteiger partial charge in [0.1, 0.15) is 12.4 Å². The van der Waals surface area contributed by atoms with Crippen LogP contribution < -0.4 is 4.74 Å². The highest BCUT2D eigenvalue weighted by Gasteiger charge is 2.06. The van der Waals surface area contributed by atoms with Crippen LogP contribution in [0.25, 0.3) is 0 Å². The lowest BCUT2D eigenvalue weighted by atomic mass is 10.1. The van der Waals surface area contributed by atoms with Gasteiger partial charge in [-0.3, -0.25) is 0 Å². The van der Waals surface area contributed by atoms with Gasteiger partial charge in [0.25, 0.3) is 0 Å². The zero-order valence-corrected chi connectivity index (χ0v) is 10.8. The first-order valence-electron chi connectivity index (χ1n) is 6.21. The Bertz CT molecular complexity index is 577. The van der Waals surface area contributed by atoms with Gasteiger partial charge in [-0.25, -0.2) is 0 Å². The van der Waals surface area contributed by atoms with Gasteiger partial charge in [-0.05, 0) is 25.1 Å². The Morgan fingerprint density at radius 2 is 1.74 bits per heavy atom. The van der Waals surface area contributed by atoms with Crippen LogP contribution in [-0.4, -0.2) is 11.7 Å². The molecule has 96 valence electrons. The van der Waals surface area contributed by atoms with Crippen LogP contribution in [0.15, 0.2) is 54.6 Å². The van der Waals surface area contributed by atoms with E-state index in [4.69, 9.17) is 4.74 Å². The third-order valence-corrected chi connectivity index (χ3v) is 2.68. The van der Waals surface area contributed by atoms with Crippen molar-refractivity contribution in [2.24, 2.45) is 0 Å². The number of ether oxygens (including phenoxy) is 1. The summed E-state index contributed by atoms with van der Waals surface area (Å²) >= 11 is 0. The molecule has 0 spiro atoms. The van der Waals surface area contributed by atoms with E-state index >= 15 is 0 Å². The van der Waals surface area contributed by atoms with E-state index < -0.39 is 6.10 Å². The van der Waals surface area contributed by atoms with Crippen molar-refractivity contribution in [3.05, 3.63) is 65.7 Å². The first-order valence-corrected chi connectivity index (χ1v) is 6.21. The molecule has 2 aromatic rings. The average Bonchev–Trinajstić information content (AvgIpc) is 2.45. The van der Waals surface area contributed by atoms with Crippen molar-refractivity contribution in [1.29, 1.82) is 0 Å². The minimum Gasteiger partial charge on any atom is -0.481 e. The maximum atomic E-state index is 9.62. The van der Waals surface area contributed by atoms with Crippen LogP contribution in [-0.2, 0) is 0 Å². The average molecular weight is 252 g/mol. The quantitative estimate of drug-likeness (QED) is 0.850. The second-order valence-electron chi connectivity index (χ2n) is 4.17. The highest BCUT2D eigenvalue weighted by molar-refractivity contribution is 5.36. The molecular weight excluding hydrogens is 236 g/mol. The highest BCUT2D eigenvalue weighted by atomic mass is 16.5. The Kier molecular flexibility index (Phi) is 4.60. The molecule has 2 heteroatoms. The predicted molar refractivity (Wildman–Crippen MR) is 75.9 cm³/mol. The molecule has 0 aliphatic carbocycles. The molecule has 0 aliphatic heterocycles. The summed E-state index contributed by atoms with van der Waals surface area (Å²) in [6.07, 6.45) is -0.543. The number of rotatable bonds is 3. The van der Waals surface area contributed by atoms with Crippen molar-refractivity contribution in [3.63, 3.8) is 0 Å². The Labute approximate surface area is 113 Å². The molecule has 0 radical (unpaired) electrons. The van der Waals surface area contributed by atoms with E-state index in [1.165, 1.54) is 0 Å². The molecule has 2 rings (SSSR count). The fraction of sp³-hybridized carbons (Fsp3) is 0.176. The van der Waals surface area contributed by atoms with Gasteiger partial charge in [-0.15, -0.1) is 0 Å². The number of hydrogen-bond acceptors (Lipinski definition) is 2. The number of hydrogen-bond donors (Lipinski definition) is 1. The third-order valence-electron chi connectivity index (χ3n) is 2.68. The summed E-state index contributed by atoms with van der Waals surface area (Å²) in [5.41, 5.74) is 1.75. The zero-order chi connectivity index (χ0) is 13.5. The van der Waals surface area contributed by atoms with Crippen LogP contribution >= 0.6 is 0 Å². The Morgan fingerprint density at radius 3 is 2.47 bits per heavy atom. The van der Waals surface area contributed by atoms with Crippen molar-refractivity contribution in [1.82, 2.24) is 0 Å². The van der Waals surface area contributed by atoms with Gasteiger partial charge in [0, 0.05) is 11.1 Å². The summed E-state index contributed by atoms with van der Waals surface area (Å²) < 4.78 is 5.59. The standard InChI is InChI=1S/C17H16O2/c1-14(18)16-11-5-6-12-17(16)19-13-7-10-15-8-3-2-4-9-15/h2-6,8-9,11-12,14,18H,13H2,1H3. The zero-order valence-electron chi connectivity index (χ0n) is 10.8. The lowest BCUT2D eigenvalue weighted by Gasteiger charge is -2.11. The van der Waals surface area contributed by atoms with E-state index in [1.54, 1.807) is 6.92 Å². The van der Waals surface area contributed by atoms with Crippen LogP contribution in [0.2, 0.25) is 0 Å². The lowest BCUT2D eigenvalue weighted by Crippen LogP contribution is -2.00. The predicted octanol–water partition coefficient (Wildman–Crippen LogP) is 3.17. The van der Waals surface area contributed by atoms with Crippen molar-refractivity contribution in [2.75, 3.05) is 6.61 Å². The first kappa shape index (κ1) is 13.2. The summed E-state index contributed by atoms with van der Waals surface area (Å²) in [6, 6.07) is 17.2. The summed E-state index contributed by atoms with van der Waals surface area (Å²) in [5.74, 6) is 6.67. The molecule has 0 aromatic heterocycles. The van der Waals surface area contributed by atoms with Crippen molar-refractivity contribution < 1.29 is 9.84 Å². The van der Waals surface area contributed by atoms with E-state index in [9.17, 15) is 5.11 Å². The van der Waals surface area contributed by atoms with Crippen LogP contribution in [0.3, 0.4) is 0 Å². The van der Waals surface area contributed by atoms with E-state index in [2.05, 4.69) is 11.8 Å². The molecule has 1 atom stereocenters. The largest absolute Gasteiger partial charge is 0.481 e. The molecule has 0 saturated heterocycles. The minimum absolute atomic E-state index is 0.304. The van der Waals surface area contributed by atoms with Gasteiger partial charge in [0.15, 0.2) is 0 Å². The van der Waals surface area contributed by atoms with E-state index in [0.717, 1.165) is 11.1 Å². The third kappa shape index (κ3) is 3.87. The van der Waals surface area contributed by atoms with Crippen LogP contribution in [0, 0.1) is 11.8 Å². The number of para-hydroxylation sites is 1. The maximum absolute atomic E-state index is 9.62. The highest BCUT2D eigenvalue weighted by Crippen LogP contribution is 2.24. The SMILES string of the molecule is CC(O)c1ccccc1OCC#Cc1ccccc1. The molecule has 2 aromatic carbocycles.